The molecule has 0 saturated carbocycles. The second-order valence-corrected chi connectivity index (χ2v) is 7.61. The van der Waals surface area contributed by atoms with Crippen molar-refractivity contribution in [1.82, 2.24) is 0 Å². The number of carbonyl (C=O) groups excluding carboxylic acids is 3. The first kappa shape index (κ1) is 57.4. The van der Waals surface area contributed by atoms with Crippen LogP contribution in [0.3, 0.4) is 0 Å². The van der Waals surface area contributed by atoms with Crippen molar-refractivity contribution in [3.63, 3.8) is 0 Å². The zero-order chi connectivity index (χ0) is 29.5. The molecular formula is C30H60AlNiO6. The van der Waals surface area contributed by atoms with E-state index in [1.165, 1.54) is 38.5 Å². The van der Waals surface area contributed by atoms with Crippen molar-refractivity contribution in [2.24, 2.45) is 0 Å². The van der Waals surface area contributed by atoms with Gasteiger partial charge in [-0.15, -0.1) is 0 Å². The van der Waals surface area contributed by atoms with Crippen LogP contribution in [-0.2, 0) is 30.9 Å². The van der Waals surface area contributed by atoms with Crippen LogP contribution in [0.25, 0.3) is 0 Å². The summed E-state index contributed by atoms with van der Waals surface area (Å²) in [5.41, 5.74) is 0. The van der Waals surface area contributed by atoms with Gasteiger partial charge in [0.15, 0.2) is 0 Å². The van der Waals surface area contributed by atoms with E-state index in [2.05, 4.69) is 41.5 Å². The Labute approximate surface area is 258 Å². The molecular weight excluding hydrogens is 542 g/mol. The first-order chi connectivity index (χ1) is 17.3. The van der Waals surface area contributed by atoms with Crippen molar-refractivity contribution in [2.75, 3.05) is 0 Å². The Balaban J connectivity index is -0.0000000524. The Morgan fingerprint density at radius 2 is 0.579 bits per heavy atom. The number of unbranched alkanes of at least 4 members (excludes halogenated alkanes) is 12. The van der Waals surface area contributed by atoms with Gasteiger partial charge in [-0.25, -0.2) is 0 Å². The fourth-order valence-corrected chi connectivity index (χ4v) is 2.62. The van der Waals surface area contributed by atoms with Crippen LogP contribution < -0.4 is 15.3 Å². The standard InChI is InChI=1S/3C8H16O2.3C2H5.Al.Ni/c3*1-2-3-4-5-6-7-8(9)10;3*1-2;;/h3*2-7H2,1H3,(H,9,10);3*1H2,2H3;;/q;;;3*-1;2*+3/p-3. The zero-order valence-electron chi connectivity index (χ0n) is 25.7. The fourth-order valence-electron chi connectivity index (χ4n) is 2.62. The summed E-state index contributed by atoms with van der Waals surface area (Å²) in [6, 6.07) is 0. The molecule has 229 valence electrons. The molecule has 0 saturated heterocycles. The van der Waals surface area contributed by atoms with Crippen LogP contribution in [0.15, 0.2) is 0 Å². The number of hydrogen-bond donors (Lipinski definition) is 0. The molecule has 8 heteroatoms. The Hall–Kier alpha value is -0.564. The summed E-state index contributed by atoms with van der Waals surface area (Å²) in [7, 11) is 0. The molecule has 0 bridgehead atoms. The summed E-state index contributed by atoms with van der Waals surface area (Å²) in [5, 5.41) is 29.8. The summed E-state index contributed by atoms with van der Waals surface area (Å²) in [4.78, 5) is 29.8. The molecule has 0 aliphatic rings. The Morgan fingerprint density at radius 1 is 0.421 bits per heavy atom. The van der Waals surface area contributed by atoms with E-state index >= 15 is 0 Å². The Bertz CT molecular complexity index is 340. The van der Waals surface area contributed by atoms with Gasteiger partial charge >= 0.3 is 33.9 Å². The van der Waals surface area contributed by atoms with Crippen LogP contribution >= 0.6 is 0 Å². The van der Waals surface area contributed by atoms with Gasteiger partial charge in [-0.2, -0.15) is 20.8 Å². The predicted molar refractivity (Wildman–Crippen MR) is 154 cm³/mol. The van der Waals surface area contributed by atoms with E-state index in [1.807, 2.05) is 0 Å². The minimum absolute atomic E-state index is 0. The summed E-state index contributed by atoms with van der Waals surface area (Å²) in [6.07, 6.45) is 16.8. The molecule has 0 aliphatic carbocycles. The van der Waals surface area contributed by atoms with Crippen LogP contribution in [0.1, 0.15) is 157 Å². The van der Waals surface area contributed by atoms with Gasteiger partial charge in [0.1, 0.15) is 0 Å². The first-order valence-corrected chi connectivity index (χ1v) is 14.0. The van der Waals surface area contributed by atoms with Gasteiger partial charge in [0.25, 0.3) is 0 Å². The molecule has 0 fully saturated rings. The molecule has 38 heavy (non-hydrogen) atoms. The van der Waals surface area contributed by atoms with E-state index in [0.717, 1.165) is 57.8 Å². The normalized spacial score (nSPS) is 8.13. The number of carboxylic acids is 3. The smallest absolute Gasteiger partial charge is 0.550 e. The molecule has 1 radical (unpaired) electrons. The fraction of sp³-hybridized carbons (Fsp3) is 0.800. The second-order valence-electron chi connectivity index (χ2n) is 7.61. The van der Waals surface area contributed by atoms with Crippen LogP contribution in [0.2, 0.25) is 0 Å². The number of hydrogen-bond acceptors (Lipinski definition) is 6. The maximum absolute atomic E-state index is 9.92. The van der Waals surface area contributed by atoms with Crippen molar-refractivity contribution in [1.29, 1.82) is 0 Å². The molecule has 0 rings (SSSR count). The van der Waals surface area contributed by atoms with E-state index in [4.69, 9.17) is 0 Å². The number of carbonyl (C=O) groups is 3. The largest absolute Gasteiger partial charge is 3.00 e. The third-order valence-corrected chi connectivity index (χ3v) is 4.45. The van der Waals surface area contributed by atoms with Gasteiger partial charge in [-0.05, 0) is 38.5 Å². The summed E-state index contributed by atoms with van der Waals surface area (Å²) in [6.45, 7) is 21.4. The molecule has 0 heterocycles. The molecule has 0 aromatic heterocycles. The van der Waals surface area contributed by atoms with Gasteiger partial charge in [-0.3, -0.25) is 0 Å². The Kier molecular flexibility index (Phi) is 98.8. The number of rotatable bonds is 18. The average Bonchev–Trinajstić information content (AvgIpc) is 2.87. The summed E-state index contributed by atoms with van der Waals surface area (Å²) < 4.78 is 0. The van der Waals surface area contributed by atoms with E-state index in [1.54, 1.807) is 20.8 Å². The minimum atomic E-state index is -0.920. The van der Waals surface area contributed by atoms with Gasteiger partial charge in [-0.1, -0.05) is 97.8 Å². The third-order valence-electron chi connectivity index (χ3n) is 4.45. The number of carboxylic acid groups (broad SMARTS) is 3. The van der Waals surface area contributed by atoms with Crippen molar-refractivity contribution < 1.29 is 46.2 Å². The molecule has 0 aromatic rings. The molecule has 0 amide bonds. The predicted octanol–water partition coefficient (Wildman–Crippen LogP) is 5.43. The first-order valence-electron chi connectivity index (χ1n) is 14.0. The van der Waals surface area contributed by atoms with Crippen LogP contribution in [0.5, 0.6) is 0 Å². The maximum Gasteiger partial charge on any atom is 3.00 e. The van der Waals surface area contributed by atoms with Gasteiger partial charge in [0, 0.05) is 17.9 Å². The molecule has 0 aromatic carbocycles. The van der Waals surface area contributed by atoms with Crippen LogP contribution in [0.4, 0.5) is 0 Å². The molecule has 0 unspecified atom stereocenters. The average molecular weight is 602 g/mol. The molecule has 0 atom stereocenters. The van der Waals surface area contributed by atoms with Crippen LogP contribution in [-0.4, -0.2) is 35.3 Å². The summed E-state index contributed by atoms with van der Waals surface area (Å²) >= 11 is 0. The van der Waals surface area contributed by atoms with Gasteiger partial charge < -0.3 is 50.5 Å². The SMILES string of the molecule is CCCCCCCC(=O)[O-].CCCCCCCC(=O)[O-].CCCCCCCC(=O)[O-].[Al+3].[CH2-]C.[CH2-]C.[CH2-]C.[Ni+3]. The van der Waals surface area contributed by atoms with E-state index in [-0.39, 0.29) is 53.1 Å². The third kappa shape index (κ3) is 101. The molecule has 0 N–H and O–H groups in total. The number of aliphatic carboxylic acids is 3. The zero-order valence-corrected chi connectivity index (χ0v) is 27.8. The van der Waals surface area contributed by atoms with E-state index in [9.17, 15) is 29.7 Å². The monoisotopic (exact) mass is 601 g/mol. The molecule has 0 aliphatic heterocycles. The van der Waals surface area contributed by atoms with Crippen molar-refractivity contribution in [2.45, 2.75) is 157 Å². The quantitative estimate of drug-likeness (QED) is 0.117. The summed E-state index contributed by atoms with van der Waals surface area (Å²) in [5.74, 6) is -2.76. The van der Waals surface area contributed by atoms with E-state index < -0.39 is 17.9 Å². The molecule has 0 spiro atoms. The topological polar surface area (TPSA) is 120 Å². The minimum Gasteiger partial charge on any atom is -0.550 e. The van der Waals surface area contributed by atoms with Crippen molar-refractivity contribution >= 4 is 35.3 Å². The van der Waals surface area contributed by atoms with Gasteiger partial charge in [0.05, 0.1) is 0 Å². The molecule has 6 nitrogen and oxygen atoms in total. The second kappa shape index (κ2) is 65.5. The maximum atomic E-state index is 9.92. The van der Waals surface area contributed by atoms with Crippen molar-refractivity contribution in [3.8, 4) is 0 Å². The van der Waals surface area contributed by atoms with E-state index in [0.29, 0.717) is 0 Å². The van der Waals surface area contributed by atoms with Crippen LogP contribution in [0, 0.1) is 20.8 Å². The van der Waals surface area contributed by atoms with Gasteiger partial charge in [0.2, 0.25) is 0 Å². The Morgan fingerprint density at radius 3 is 0.711 bits per heavy atom. The van der Waals surface area contributed by atoms with Crippen molar-refractivity contribution in [3.05, 3.63) is 20.8 Å².